The van der Waals surface area contributed by atoms with Crippen LogP contribution in [0.15, 0.2) is 18.2 Å². The molecule has 0 spiro atoms. The third kappa shape index (κ3) is 4.95. The number of rotatable bonds is 7. The Labute approximate surface area is 121 Å². The number of carbonyl (C=O) groups excluding carboxylic acids is 1. The normalized spacial score (nSPS) is 10.8. The molecule has 0 radical (unpaired) electrons. The second kappa shape index (κ2) is 6.93. The van der Waals surface area contributed by atoms with E-state index in [0.717, 1.165) is 13.2 Å². The first-order chi connectivity index (χ1) is 9.79. The van der Waals surface area contributed by atoms with Crippen molar-refractivity contribution in [1.82, 2.24) is 0 Å². The monoisotopic (exact) mass is 317 g/mol. The maximum absolute atomic E-state index is 11.8. The minimum absolute atomic E-state index is 0.0118. The number of carbonyl (C=O) groups is 2. The van der Waals surface area contributed by atoms with Gasteiger partial charge in [0.15, 0.2) is 0 Å². The molecule has 0 aliphatic rings. The number of hydrogen-bond donors (Lipinski definition) is 2. The lowest BCUT2D eigenvalue weighted by atomic mass is 10.2. The van der Waals surface area contributed by atoms with Gasteiger partial charge in [0.2, 0.25) is 10.0 Å². The van der Waals surface area contributed by atoms with Crippen LogP contribution in [-0.4, -0.2) is 45.4 Å². The summed E-state index contributed by atoms with van der Waals surface area (Å²) >= 11 is 0. The smallest absolute Gasteiger partial charge is 0.335 e. The van der Waals surface area contributed by atoms with Crippen LogP contribution in [0.2, 0.25) is 0 Å². The van der Waals surface area contributed by atoms with Crippen LogP contribution in [0, 0.1) is 0 Å². The Morgan fingerprint density at radius 2 is 1.95 bits per heavy atom. The predicted octanol–water partition coefficient (Wildman–Crippen LogP) is 0.698. The second-order valence-corrected chi connectivity index (χ2v) is 5.81. The molecule has 0 aliphatic heterocycles. The number of carboxylic acid groups (broad SMARTS) is 1. The van der Waals surface area contributed by atoms with Crippen molar-refractivity contribution < 1.29 is 32.6 Å². The average Bonchev–Trinajstić information content (AvgIpc) is 2.44. The average molecular weight is 317 g/mol. The summed E-state index contributed by atoms with van der Waals surface area (Å²) in [5.41, 5.74) is -0.108. The van der Waals surface area contributed by atoms with Crippen molar-refractivity contribution in [3.8, 4) is 5.75 Å². The van der Waals surface area contributed by atoms with Gasteiger partial charge in [-0.25, -0.2) is 13.2 Å². The maximum atomic E-state index is 11.8. The van der Waals surface area contributed by atoms with Gasteiger partial charge in [-0.05, 0) is 18.2 Å². The first kappa shape index (κ1) is 16.8. The highest BCUT2D eigenvalue weighted by Gasteiger charge is 2.17. The van der Waals surface area contributed by atoms with Crippen LogP contribution < -0.4 is 9.46 Å². The third-order valence-electron chi connectivity index (χ3n) is 2.51. The standard InChI is InChI=1S/C12H15NO7S/c1-19-10-4-3-8(12(15)16)7-9(10)13-21(17,18)6-5-11(14)20-2/h3-4,7,13H,5-6H2,1-2H3,(H,15,16). The Kier molecular flexibility index (Phi) is 5.53. The number of methoxy groups -OCH3 is 2. The molecule has 0 heterocycles. The van der Waals surface area contributed by atoms with Crippen LogP contribution >= 0.6 is 0 Å². The number of nitrogens with one attached hydrogen (secondary N) is 1. The van der Waals surface area contributed by atoms with Crippen molar-refractivity contribution in [2.75, 3.05) is 24.7 Å². The summed E-state index contributed by atoms with van der Waals surface area (Å²) in [6, 6.07) is 3.76. The zero-order chi connectivity index (χ0) is 16.0. The Hall–Kier alpha value is -2.29. The van der Waals surface area contributed by atoms with Crippen molar-refractivity contribution in [2.24, 2.45) is 0 Å². The van der Waals surface area contributed by atoms with Gasteiger partial charge in [0.25, 0.3) is 0 Å². The van der Waals surface area contributed by atoms with Gasteiger partial charge in [0.05, 0.1) is 37.6 Å². The highest BCUT2D eigenvalue weighted by atomic mass is 32.2. The molecular weight excluding hydrogens is 302 g/mol. The SMILES string of the molecule is COC(=O)CCS(=O)(=O)Nc1cc(C(=O)O)ccc1OC. The van der Waals surface area contributed by atoms with Gasteiger partial charge >= 0.3 is 11.9 Å². The summed E-state index contributed by atoms with van der Waals surface area (Å²) in [7, 11) is -1.36. The van der Waals surface area contributed by atoms with E-state index in [9.17, 15) is 18.0 Å². The van der Waals surface area contributed by atoms with Crippen LogP contribution in [-0.2, 0) is 19.6 Å². The fourth-order valence-electron chi connectivity index (χ4n) is 1.46. The minimum atomic E-state index is -3.84. The Morgan fingerprint density at radius 3 is 2.48 bits per heavy atom. The van der Waals surface area contributed by atoms with Gasteiger partial charge in [-0.2, -0.15) is 0 Å². The zero-order valence-electron chi connectivity index (χ0n) is 11.5. The molecule has 0 amide bonds. The molecule has 0 aliphatic carbocycles. The fourth-order valence-corrected chi connectivity index (χ4v) is 2.49. The Bertz CT molecular complexity index is 639. The quantitative estimate of drug-likeness (QED) is 0.710. The fraction of sp³-hybridized carbons (Fsp3) is 0.333. The molecule has 2 N–H and O–H groups in total. The highest BCUT2D eigenvalue weighted by Crippen LogP contribution is 2.26. The van der Waals surface area contributed by atoms with Gasteiger partial charge in [-0.1, -0.05) is 0 Å². The van der Waals surface area contributed by atoms with E-state index in [4.69, 9.17) is 9.84 Å². The van der Waals surface area contributed by atoms with Crippen LogP contribution in [0.5, 0.6) is 5.75 Å². The molecule has 9 heteroatoms. The first-order valence-electron chi connectivity index (χ1n) is 5.77. The largest absolute Gasteiger partial charge is 0.495 e. The molecule has 0 saturated carbocycles. The van der Waals surface area contributed by atoms with Crippen molar-refractivity contribution in [1.29, 1.82) is 0 Å². The van der Waals surface area contributed by atoms with Crippen LogP contribution in [0.3, 0.4) is 0 Å². The van der Waals surface area contributed by atoms with E-state index in [1.807, 2.05) is 0 Å². The Balaban J connectivity index is 2.97. The number of benzene rings is 1. The van der Waals surface area contributed by atoms with E-state index < -0.39 is 27.7 Å². The van der Waals surface area contributed by atoms with Gasteiger partial charge in [-0.15, -0.1) is 0 Å². The predicted molar refractivity (Wildman–Crippen MR) is 74.0 cm³/mol. The van der Waals surface area contributed by atoms with Gasteiger partial charge in [0.1, 0.15) is 5.75 Å². The number of carboxylic acids is 1. The number of ether oxygens (including phenoxy) is 2. The van der Waals surface area contributed by atoms with Crippen LogP contribution in [0.4, 0.5) is 5.69 Å². The zero-order valence-corrected chi connectivity index (χ0v) is 12.3. The molecule has 1 aromatic rings. The summed E-state index contributed by atoms with van der Waals surface area (Å²) in [6.45, 7) is 0. The summed E-state index contributed by atoms with van der Waals surface area (Å²) in [4.78, 5) is 21.9. The lowest BCUT2D eigenvalue weighted by Gasteiger charge is -2.12. The van der Waals surface area contributed by atoms with E-state index in [2.05, 4.69) is 9.46 Å². The van der Waals surface area contributed by atoms with E-state index in [1.54, 1.807) is 0 Å². The topological polar surface area (TPSA) is 119 Å². The molecule has 0 unspecified atom stereocenters. The van der Waals surface area contributed by atoms with Crippen molar-refractivity contribution >= 4 is 27.6 Å². The molecule has 1 aromatic carbocycles. The van der Waals surface area contributed by atoms with Gasteiger partial charge in [-0.3, -0.25) is 9.52 Å². The molecule has 0 fully saturated rings. The number of sulfonamides is 1. The van der Waals surface area contributed by atoms with Gasteiger partial charge < -0.3 is 14.6 Å². The molecule has 0 atom stereocenters. The maximum Gasteiger partial charge on any atom is 0.335 e. The van der Waals surface area contributed by atoms with Crippen molar-refractivity contribution in [2.45, 2.75) is 6.42 Å². The first-order valence-corrected chi connectivity index (χ1v) is 7.43. The van der Waals surface area contributed by atoms with Gasteiger partial charge in [0, 0.05) is 0 Å². The molecule has 0 bridgehead atoms. The lowest BCUT2D eigenvalue weighted by Crippen LogP contribution is -2.20. The second-order valence-electron chi connectivity index (χ2n) is 3.97. The van der Waals surface area contributed by atoms with E-state index in [-0.39, 0.29) is 23.4 Å². The number of esters is 1. The van der Waals surface area contributed by atoms with Crippen LogP contribution in [0.1, 0.15) is 16.8 Å². The summed E-state index contributed by atoms with van der Waals surface area (Å²) < 4.78 is 35.2. The molecular formula is C12H15NO7S. The summed E-state index contributed by atoms with van der Waals surface area (Å²) in [5, 5.41) is 8.90. The summed E-state index contributed by atoms with van der Waals surface area (Å²) in [5.74, 6) is -2.18. The van der Waals surface area contributed by atoms with Crippen LogP contribution in [0.25, 0.3) is 0 Å². The van der Waals surface area contributed by atoms with Crippen molar-refractivity contribution in [3.05, 3.63) is 23.8 Å². The highest BCUT2D eigenvalue weighted by molar-refractivity contribution is 7.92. The number of anilines is 1. The molecule has 0 saturated heterocycles. The Morgan fingerprint density at radius 1 is 1.29 bits per heavy atom. The molecule has 21 heavy (non-hydrogen) atoms. The van der Waals surface area contributed by atoms with Crippen molar-refractivity contribution in [3.63, 3.8) is 0 Å². The van der Waals surface area contributed by atoms with E-state index in [1.165, 1.54) is 19.2 Å². The third-order valence-corrected chi connectivity index (χ3v) is 3.79. The van der Waals surface area contributed by atoms with E-state index in [0.29, 0.717) is 0 Å². The number of hydrogen-bond acceptors (Lipinski definition) is 6. The molecule has 116 valence electrons. The minimum Gasteiger partial charge on any atom is -0.495 e. The van der Waals surface area contributed by atoms with E-state index >= 15 is 0 Å². The molecule has 1 rings (SSSR count). The number of aromatic carboxylic acids is 1. The summed E-state index contributed by atoms with van der Waals surface area (Å²) in [6.07, 6.45) is -0.313. The molecule has 8 nitrogen and oxygen atoms in total. The lowest BCUT2D eigenvalue weighted by molar-refractivity contribution is -0.140. The molecule has 0 aromatic heterocycles.